The van der Waals surface area contributed by atoms with Crippen LogP contribution in [0, 0.1) is 6.92 Å². The zero-order chi connectivity index (χ0) is 15.2. The first kappa shape index (κ1) is 16.0. The van der Waals surface area contributed by atoms with Gasteiger partial charge in [-0.05, 0) is 32.4 Å². The monoisotopic (exact) mass is 274 g/mol. The number of benzene rings is 1. The molecule has 0 heterocycles. The molecular formula is C16H22N2O2. The van der Waals surface area contributed by atoms with Crippen LogP contribution in [0.3, 0.4) is 0 Å². The quantitative estimate of drug-likeness (QED) is 0.612. The smallest absolute Gasteiger partial charge is 0.243 e. The predicted molar refractivity (Wildman–Crippen MR) is 80.4 cm³/mol. The molecule has 2 amide bonds. The van der Waals surface area contributed by atoms with Crippen molar-refractivity contribution in [3.05, 3.63) is 48.0 Å². The first-order chi connectivity index (χ1) is 9.37. The number of carbonyl (C=O) groups is 2. The van der Waals surface area contributed by atoms with Crippen LogP contribution >= 0.6 is 0 Å². The van der Waals surface area contributed by atoms with Crippen molar-refractivity contribution >= 4 is 11.8 Å². The van der Waals surface area contributed by atoms with Gasteiger partial charge in [0.15, 0.2) is 0 Å². The van der Waals surface area contributed by atoms with Crippen LogP contribution < -0.4 is 10.6 Å². The highest BCUT2D eigenvalue weighted by Crippen LogP contribution is 2.23. The molecule has 1 rings (SSSR count). The third-order valence-corrected chi connectivity index (χ3v) is 3.24. The Morgan fingerprint density at radius 1 is 1.15 bits per heavy atom. The normalized spacial score (nSPS) is 10.8. The molecule has 0 radical (unpaired) electrons. The lowest BCUT2D eigenvalue weighted by atomic mass is 9.83. The first-order valence-electron chi connectivity index (χ1n) is 6.63. The largest absolute Gasteiger partial charge is 0.354 e. The maximum atomic E-state index is 12.2. The molecule has 1 aromatic carbocycles. The molecule has 0 aromatic heterocycles. The highest BCUT2D eigenvalue weighted by molar-refractivity contribution is 5.88. The molecule has 4 heteroatoms. The predicted octanol–water partition coefficient (Wildman–Crippen LogP) is 1.69. The Kier molecular flexibility index (Phi) is 5.50. The zero-order valence-corrected chi connectivity index (χ0v) is 12.3. The molecule has 20 heavy (non-hydrogen) atoms. The number of amides is 2. The second-order valence-electron chi connectivity index (χ2n) is 5.24. The maximum absolute atomic E-state index is 12.2. The Bertz CT molecular complexity index is 490. The van der Waals surface area contributed by atoms with Crippen molar-refractivity contribution in [1.82, 2.24) is 10.6 Å². The number of hydrogen-bond donors (Lipinski definition) is 2. The van der Waals surface area contributed by atoms with Crippen molar-refractivity contribution in [1.29, 1.82) is 0 Å². The standard InChI is InChI=1S/C16H22N2O2/c1-5-14(19)17-10-11-18-15(20)16(3,4)13-8-6-12(2)7-9-13/h5-9H,1,10-11H2,2-4H3,(H,17,19)(H,18,20). The molecule has 0 atom stereocenters. The van der Waals surface area contributed by atoms with E-state index in [0.717, 1.165) is 11.1 Å². The summed E-state index contributed by atoms with van der Waals surface area (Å²) in [5, 5.41) is 5.44. The van der Waals surface area contributed by atoms with Crippen molar-refractivity contribution in [3.63, 3.8) is 0 Å². The summed E-state index contributed by atoms with van der Waals surface area (Å²) in [5.41, 5.74) is 1.53. The van der Waals surface area contributed by atoms with Gasteiger partial charge in [0, 0.05) is 13.1 Å². The molecule has 0 fully saturated rings. The van der Waals surface area contributed by atoms with Crippen molar-refractivity contribution in [3.8, 4) is 0 Å². The van der Waals surface area contributed by atoms with E-state index in [1.807, 2.05) is 45.0 Å². The minimum atomic E-state index is -0.601. The maximum Gasteiger partial charge on any atom is 0.243 e. The van der Waals surface area contributed by atoms with Crippen LogP contribution in [0.4, 0.5) is 0 Å². The van der Waals surface area contributed by atoms with Gasteiger partial charge in [-0.2, -0.15) is 0 Å². The Balaban J connectivity index is 2.54. The van der Waals surface area contributed by atoms with Crippen LogP contribution in [0.2, 0.25) is 0 Å². The van der Waals surface area contributed by atoms with Crippen molar-refractivity contribution in [2.75, 3.05) is 13.1 Å². The van der Waals surface area contributed by atoms with Crippen LogP contribution in [0.5, 0.6) is 0 Å². The number of aryl methyl sites for hydroxylation is 1. The van der Waals surface area contributed by atoms with E-state index >= 15 is 0 Å². The third kappa shape index (κ3) is 4.23. The molecule has 0 aliphatic carbocycles. The molecule has 0 aliphatic rings. The van der Waals surface area contributed by atoms with Gasteiger partial charge in [-0.25, -0.2) is 0 Å². The Morgan fingerprint density at radius 3 is 2.25 bits per heavy atom. The van der Waals surface area contributed by atoms with Gasteiger partial charge in [0.05, 0.1) is 5.41 Å². The fourth-order valence-electron chi connectivity index (χ4n) is 1.76. The van der Waals surface area contributed by atoms with E-state index in [-0.39, 0.29) is 11.8 Å². The van der Waals surface area contributed by atoms with Gasteiger partial charge in [-0.1, -0.05) is 36.4 Å². The third-order valence-electron chi connectivity index (χ3n) is 3.24. The summed E-state index contributed by atoms with van der Waals surface area (Å²) in [6.07, 6.45) is 1.21. The van der Waals surface area contributed by atoms with Crippen molar-refractivity contribution in [2.45, 2.75) is 26.2 Å². The summed E-state index contributed by atoms with van der Waals surface area (Å²) in [6, 6.07) is 7.92. The molecule has 0 saturated carbocycles. The van der Waals surface area contributed by atoms with E-state index in [1.165, 1.54) is 6.08 Å². The summed E-state index contributed by atoms with van der Waals surface area (Å²) in [7, 11) is 0. The lowest BCUT2D eigenvalue weighted by Crippen LogP contribution is -2.43. The lowest BCUT2D eigenvalue weighted by Gasteiger charge is -2.24. The fourth-order valence-corrected chi connectivity index (χ4v) is 1.76. The van der Waals surface area contributed by atoms with Gasteiger partial charge < -0.3 is 10.6 Å². The van der Waals surface area contributed by atoms with Crippen LogP contribution in [0.25, 0.3) is 0 Å². The second kappa shape index (κ2) is 6.89. The molecule has 4 nitrogen and oxygen atoms in total. The molecule has 0 bridgehead atoms. The molecule has 0 unspecified atom stereocenters. The molecule has 0 saturated heterocycles. The van der Waals surface area contributed by atoms with Crippen LogP contribution in [0.1, 0.15) is 25.0 Å². The molecular weight excluding hydrogens is 252 g/mol. The average molecular weight is 274 g/mol. The van der Waals surface area contributed by atoms with E-state index in [0.29, 0.717) is 13.1 Å². The topological polar surface area (TPSA) is 58.2 Å². The van der Waals surface area contributed by atoms with Gasteiger partial charge in [0.1, 0.15) is 0 Å². The second-order valence-corrected chi connectivity index (χ2v) is 5.24. The minimum absolute atomic E-state index is 0.0609. The zero-order valence-electron chi connectivity index (χ0n) is 12.3. The van der Waals surface area contributed by atoms with Crippen LogP contribution in [-0.2, 0) is 15.0 Å². The summed E-state index contributed by atoms with van der Waals surface area (Å²) in [4.78, 5) is 23.2. The van der Waals surface area contributed by atoms with Gasteiger partial charge >= 0.3 is 0 Å². The van der Waals surface area contributed by atoms with Gasteiger partial charge in [-0.15, -0.1) is 0 Å². The van der Waals surface area contributed by atoms with Crippen molar-refractivity contribution in [2.24, 2.45) is 0 Å². The molecule has 1 aromatic rings. The SMILES string of the molecule is C=CC(=O)NCCNC(=O)C(C)(C)c1ccc(C)cc1. The fraction of sp³-hybridized carbons (Fsp3) is 0.375. The highest BCUT2D eigenvalue weighted by atomic mass is 16.2. The number of rotatable bonds is 6. The summed E-state index contributed by atoms with van der Waals surface area (Å²) in [6.45, 7) is 9.93. The van der Waals surface area contributed by atoms with Gasteiger partial charge in [0.2, 0.25) is 11.8 Å². The van der Waals surface area contributed by atoms with Crippen molar-refractivity contribution < 1.29 is 9.59 Å². The molecule has 2 N–H and O–H groups in total. The van der Waals surface area contributed by atoms with Crippen LogP contribution in [-0.4, -0.2) is 24.9 Å². The van der Waals surface area contributed by atoms with Gasteiger partial charge in [-0.3, -0.25) is 9.59 Å². The Labute approximate surface area is 120 Å². The summed E-state index contributed by atoms with van der Waals surface area (Å²) < 4.78 is 0. The lowest BCUT2D eigenvalue weighted by molar-refractivity contribution is -0.125. The highest BCUT2D eigenvalue weighted by Gasteiger charge is 2.29. The first-order valence-corrected chi connectivity index (χ1v) is 6.63. The van der Waals surface area contributed by atoms with E-state index in [1.54, 1.807) is 0 Å². The van der Waals surface area contributed by atoms with Crippen LogP contribution in [0.15, 0.2) is 36.9 Å². The summed E-state index contributed by atoms with van der Waals surface area (Å²) in [5.74, 6) is -0.300. The molecule has 108 valence electrons. The summed E-state index contributed by atoms with van der Waals surface area (Å²) >= 11 is 0. The van der Waals surface area contributed by atoms with E-state index in [4.69, 9.17) is 0 Å². The Morgan fingerprint density at radius 2 is 1.70 bits per heavy atom. The molecule has 0 aliphatic heterocycles. The number of carbonyl (C=O) groups excluding carboxylic acids is 2. The minimum Gasteiger partial charge on any atom is -0.354 e. The van der Waals surface area contributed by atoms with E-state index in [2.05, 4.69) is 17.2 Å². The number of hydrogen-bond acceptors (Lipinski definition) is 2. The van der Waals surface area contributed by atoms with E-state index in [9.17, 15) is 9.59 Å². The Hall–Kier alpha value is -2.10. The van der Waals surface area contributed by atoms with Gasteiger partial charge in [0.25, 0.3) is 0 Å². The number of nitrogens with one attached hydrogen (secondary N) is 2. The van der Waals surface area contributed by atoms with E-state index < -0.39 is 5.41 Å². The average Bonchev–Trinajstić information content (AvgIpc) is 2.43. The molecule has 0 spiro atoms.